The van der Waals surface area contributed by atoms with Gasteiger partial charge in [-0.25, -0.2) is 18.1 Å². The van der Waals surface area contributed by atoms with E-state index < -0.39 is 16.1 Å². The van der Waals surface area contributed by atoms with Crippen molar-refractivity contribution in [3.05, 3.63) is 29.2 Å². The summed E-state index contributed by atoms with van der Waals surface area (Å²) in [4.78, 5) is 5.09. The number of hydrogen-bond acceptors (Lipinski definition) is 5. The Morgan fingerprint density at radius 3 is 2.74 bits per heavy atom. The topological polar surface area (TPSA) is 76.9 Å². The molecule has 0 amide bonds. The first kappa shape index (κ1) is 14.2. The molecule has 0 bridgehead atoms. The summed E-state index contributed by atoms with van der Waals surface area (Å²) in [6, 6.07) is 3.05. The molecule has 0 spiro atoms. The van der Waals surface area contributed by atoms with E-state index in [1.165, 1.54) is 17.7 Å². The van der Waals surface area contributed by atoms with Gasteiger partial charge >= 0.3 is 0 Å². The molecule has 19 heavy (non-hydrogen) atoms. The van der Waals surface area contributed by atoms with Crippen molar-refractivity contribution in [3.63, 3.8) is 0 Å². The zero-order valence-electron chi connectivity index (χ0n) is 11.0. The molecule has 1 N–H and O–H groups in total. The molecule has 0 saturated carbocycles. The Bertz CT molecular complexity index is 660. The van der Waals surface area contributed by atoms with E-state index in [4.69, 9.17) is 0 Å². The molecule has 1 atom stereocenters. The van der Waals surface area contributed by atoms with Gasteiger partial charge in [0.05, 0.1) is 6.04 Å². The Labute approximate surface area is 116 Å². The molecule has 0 aromatic carbocycles. The molecule has 104 valence electrons. The monoisotopic (exact) mass is 300 g/mol. The maximum Gasteiger partial charge on any atom is 0.250 e. The minimum atomic E-state index is -3.50. The first-order valence-electron chi connectivity index (χ1n) is 5.89. The van der Waals surface area contributed by atoms with E-state index in [-0.39, 0.29) is 0 Å². The van der Waals surface area contributed by atoms with Gasteiger partial charge in [0.15, 0.2) is 0 Å². The number of sulfonamides is 1. The van der Waals surface area contributed by atoms with Crippen LogP contribution in [-0.2, 0) is 23.5 Å². The van der Waals surface area contributed by atoms with E-state index in [0.717, 1.165) is 11.3 Å². The highest BCUT2D eigenvalue weighted by molar-refractivity contribution is 7.91. The fraction of sp³-hybridized carbons (Fsp3) is 0.455. The molecule has 0 fully saturated rings. The van der Waals surface area contributed by atoms with Crippen molar-refractivity contribution in [2.75, 3.05) is 0 Å². The lowest BCUT2D eigenvalue weighted by Gasteiger charge is -2.12. The van der Waals surface area contributed by atoms with E-state index in [9.17, 15) is 8.42 Å². The van der Waals surface area contributed by atoms with Crippen LogP contribution in [0.5, 0.6) is 0 Å². The van der Waals surface area contributed by atoms with E-state index in [1.54, 1.807) is 24.7 Å². The third-order valence-corrected chi connectivity index (χ3v) is 5.98. The Balaban J connectivity index is 2.20. The molecule has 0 saturated heterocycles. The van der Waals surface area contributed by atoms with Crippen LogP contribution < -0.4 is 4.72 Å². The molecule has 2 aromatic rings. The van der Waals surface area contributed by atoms with Gasteiger partial charge in [-0.3, -0.25) is 4.68 Å². The predicted octanol–water partition coefficient (Wildman–Crippen LogP) is 1.48. The first-order chi connectivity index (χ1) is 8.94. The van der Waals surface area contributed by atoms with Crippen molar-refractivity contribution < 1.29 is 8.42 Å². The van der Waals surface area contributed by atoms with Crippen LogP contribution in [0.3, 0.4) is 0 Å². The summed E-state index contributed by atoms with van der Waals surface area (Å²) in [6.07, 6.45) is 2.24. The second-order valence-corrected chi connectivity index (χ2v) is 7.27. The van der Waals surface area contributed by atoms with Crippen molar-refractivity contribution in [1.29, 1.82) is 0 Å². The molecule has 2 rings (SSSR count). The third kappa shape index (κ3) is 3.02. The molecule has 2 heterocycles. The number of hydrogen-bond donors (Lipinski definition) is 1. The summed E-state index contributed by atoms with van der Waals surface area (Å²) >= 11 is 1.29. The molecular formula is C11H16N4O2S2. The van der Waals surface area contributed by atoms with Crippen LogP contribution in [-0.4, -0.2) is 23.2 Å². The highest BCUT2D eigenvalue weighted by atomic mass is 32.2. The van der Waals surface area contributed by atoms with Crippen molar-refractivity contribution >= 4 is 21.4 Å². The lowest BCUT2D eigenvalue weighted by Crippen LogP contribution is -2.28. The third-order valence-electron chi connectivity index (χ3n) is 2.72. The number of nitrogens with zero attached hydrogens (tertiary/aromatic N) is 3. The van der Waals surface area contributed by atoms with Gasteiger partial charge in [-0.2, -0.15) is 5.10 Å². The van der Waals surface area contributed by atoms with Crippen molar-refractivity contribution in [2.24, 2.45) is 7.05 Å². The second kappa shape index (κ2) is 5.40. The average molecular weight is 300 g/mol. The Kier molecular flexibility index (Phi) is 4.02. The quantitative estimate of drug-likeness (QED) is 0.907. The van der Waals surface area contributed by atoms with Gasteiger partial charge in [0.1, 0.15) is 16.4 Å². The lowest BCUT2D eigenvalue weighted by molar-refractivity contribution is 0.549. The minimum absolute atomic E-state index is 0.332. The highest BCUT2D eigenvalue weighted by Gasteiger charge is 2.22. The van der Waals surface area contributed by atoms with E-state index in [1.807, 2.05) is 13.0 Å². The number of nitrogens with one attached hydrogen (secondary N) is 1. The number of aryl methyl sites for hydroxylation is 2. The summed E-state index contributed by atoms with van der Waals surface area (Å²) < 4.78 is 28.9. The maximum absolute atomic E-state index is 12.2. The summed E-state index contributed by atoms with van der Waals surface area (Å²) in [5.74, 6) is 0.579. The van der Waals surface area contributed by atoms with Crippen LogP contribution in [0, 0.1) is 0 Å². The molecule has 0 aliphatic carbocycles. The summed E-state index contributed by atoms with van der Waals surface area (Å²) in [6.45, 7) is 3.74. The lowest BCUT2D eigenvalue weighted by atomic mass is 10.3. The average Bonchev–Trinajstić information content (AvgIpc) is 2.96. The van der Waals surface area contributed by atoms with Crippen LogP contribution in [0.1, 0.15) is 30.6 Å². The van der Waals surface area contributed by atoms with Gasteiger partial charge < -0.3 is 0 Å². The Morgan fingerprint density at radius 1 is 1.47 bits per heavy atom. The fourth-order valence-corrected chi connectivity index (χ4v) is 4.25. The van der Waals surface area contributed by atoms with Gasteiger partial charge in [0, 0.05) is 11.9 Å². The second-order valence-electron chi connectivity index (χ2n) is 4.16. The number of thiophene rings is 1. The molecule has 0 aliphatic heterocycles. The van der Waals surface area contributed by atoms with Crippen LogP contribution in [0.4, 0.5) is 0 Å². The van der Waals surface area contributed by atoms with Crippen molar-refractivity contribution in [3.8, 4) is 0 Å². The van der Waals surface area contributed by atoms with Crippen molar-refractivity contribution in [2.45, 2.75) is 30.5 Å². The normalized spacial score (nSPS) is 13.6. The minimum Gasteiger partial charge on any atom is -0.252 e. The standard InChI is InChI=1S/C11H16N4O2S2/c1-4-9-5-6-10(18-9)19(16,17)14-8(2)11-12-7-13-15(11)3/h5-8,14H,4H2,1-3H3. The maximum atomic E-state index is 12.2. The molecule has 0 radical (unpaired) electrons. The van der Waals surface area contributed by atoms with E-state index >= 15 is 0 Å². The number of rotatable bonds is 5. The van der Waals surface area contributed by atoms with Crippen LogP contribution in [0.15, 0.2) is 22.7 Å². The SMILES string of the molecule is CCc1ccc(S(=O)(=O)NC(C)c2ncnn2C)s1. The highest BCUT2D eigenvalue weighted by Crippen LogP contribution is 2.23. The van der Waals surface area contributed by atoms with Gasteiger partial charge in [0.25, 0.3) is 10.0 Å². The molecule has 1 unspecified atom stereocenters. The van der Waals surface area contributed by atoms with Crippen LogP contribution >= 0.6 is 11.3 Å². The Morgan fingerprint density at radius 2 is 2.21 bits per heavy atom. The molecular weight excluding hydrogens is 284 g/mol. The van der Waals surface area contributed by atoms with Crippen molar-refractivity contribution in [1.82, 2.24) is 19.5 Å². The largest absolute Gasteiger partial charge is 0.252 e. The molecule has 6 nitrogen and oxygen atoms in total. The molecule has 0 aliphatic rings. The zero-order chi connectivity index (χ0) is 14.0. The summed E-state index contributed by atoms with van der Waals surface area (Å²) in [7, 11) is -1.77. The predicted molar refractivity (Wildman–Crippen MR) is 73.4 cm³/mol. The zero-order valence-corrected chi connectivity index (χ0v) is 12.6. The van der Waals surface area contributed by atoms with Gasteiger partial charge in [-0.1, -0.05) is 6.92 Å². The fourth-order valence-electron chi connectivity index (χ4n) is 1.73. The Hall–Kier alpha value is -1.25. The van der Waals surface area contributed by atoms with Crippen LogP contribution in [0.25, 0.3) is 0 Å². The smallest absolute Gasteiger partial charge is 0.250 e. The van der Waals surface area contributed by atoms with Gasteiger partial charge in [-0.05, 0) is 25.5 Å². The van der Waals surface area contributed by atoms with Crippen LogP contribution in [0.2, 0.25) is 0 Å². The van der Waals surface area contributed by atoms with Gasteiger partial charge in [0.2, 0.25) is 0 Å². The van der Waals surface area contributed by atoms with E-state index in [0.29, 0.717) is 10.0 Å². The first-order valence-corrected chi connectivity index (χ1v) is 8.19. The molecule has 2 aromatic heterocycles. The van der Waals surface area contributed by atoms with E-state index in [2.05, 4.69) is 14.8 Å². The summed E-state index contributed by atoms with van der Waals surface area (Å²) in [5, 5.41) is 3.93. The number of aromatic nitrogens is 3. The summed E-state index contributed by atoms with van der Waals surface area (Å²) in [5.41, 5.74) is 0. The van der Waals surface area contributed by atoms with Gasteiger partial charge in [-0.15, -0.1) is 11.3 Å². The molecule has 8 heteroatoms.